The predicted molar refractivity (Wildman–Crippen MR) is 85.7 cm³/mol. The molecule has 2 unspecified atom stereocenters. The van der Waals surface area contributed by atoms with Crippen LogP contribution in [0.25, 0.3) is 0 Å². The second-order valence-electron chi connectivity index (χ2n) is 5.97. The largest absolute Gasteiger partial charge is 0.459 e. The molecule has 0 aliphatic carbocycles. The molecule has 0 radical (unpaired) electrons. The standard InChI is InChI=1S/C18H22N2O2/c1-13-9-11-22-17(13)18(21)19-16-8-10-20(12-16)14(2)15-6-4-3-5-7-15/h3-7,9,11,14,16H,8,10,12H2,1-2H3,(H,19,21). The molecule has 2 heterocycles. The van der Waals surface area contributed by atoms with Gasteiger partial charge in [0, 0.05) is 30.7 Å². The van der Waals surface area contributed by atoms with E-state index in [-0.39, 0.29) is 11.9 Å². The van der Waals surface area contributed by atoms with Crippen molar-refractivity contribution < 1.29 is 9.21 Å². The summed E-state index contributed by atoms with van der Waals surface area (Å²) in [4.78, 5) is 14.6. The van der Waals surface area contributed by atoms with Crippen LogP contribution < -0.4 is 5.32 Å². The summed E-state index contributed by atoms with van der Waals surface area (Å²) in [5, 5.41) is 3.08. The normalized spacial score (nSPS) is 20.0. The van der Waals surface area contributed by atoms with Gasteiger partial charge in [-0.3, -0.25) is 9.69 Å². The Labute approximate surface area is 131 Å². The van der Waals surface area contributed by atoms with E-state index in [2.05, 4.69) is 41.4 Å². The summed E-state index contributed by atoms with van der Waals surface area (Å²) in [6.07, 6.45) is 2.53. The van der Waals surface area contributed by atoms with Crippen molar-refractivity contribution in [1.82, 2.24) is 10.2 Å². The Morgan fingerprint density at radius 2 is 2.09 bits per heavy atom. The molecule has 0 saturated carbocycles. The van der Waals surface area contributed by atoms with Gasteiger partial charge < -0.3 is 9.73 Å². The van der Waals surface area contributed by atoms with Gasteiger partial charge in [-0.05, 0) is 31.9 Å². The highest BCUT2D eigenvalue weighted by molar-refractivity contribution is 5.93. The van der Waals surface area contributed by atoms with Crippen molar-refractivity contribution in [2.45, 2.75) is 32.4 Å². The van der Waals surface area contributed by atoms with Crippen LogP contribution >= 0.6 is 0 Å². The van der Waals surface area contributed by atoms with E-state index in [1.165, 1.54) is 5.56 Å². The van der Waals surface area contributed by atoms with Gasteiger partial charge in [0.1, 0.15) is 0 Å². The zero-order valence-corrected chi connectivity index (χ0v) is 13.1. The maximum atomic E-state index is 12.2. The summed E-state index contributed by atoms with van der Waals surface area (Å²) >= 11 is 0. The lowest BCUT2D eigenvalue weighted by Gasteiger charge is -2.24. The monoisotopic (exact) mass is 298 g/mol. The number of nitrogens with one attached hydrogen (secondary N) is 1. The minimum Gasteiger partial charge on any atom is -0.459 e. The number of amides is 1. The van der Waals surface area contributed by atoms with E-state index in [9.17, 15) is 4.79 Å². The molecule has 2 atom stereocenters. The fourth-order valence-electron chi connectivity index (χ4n) is 3.06. The molecule has 1 aromatic carbocycles. The topological polar surface area (TPSA) is 45.5 Å². The van der Waals surface area contributed by atoms with Crippen LogP contribution in [0.2, 0.25) is 0 Å². The van der Waals surface area contributed by atoms with Gasteiger partial charge in [-0.25, -0.2) is 0 Å². The van der Waals surface area contributed by atoms with Crippen molar-refractivity contribution >= 4 is 5.91 Å². The number of likely N-dealkylation sites (tertiary alicyclic amines) is 1. The number of hydrogen-bond donors (Lipinski definition) is 1. The first-order valence-corrected chi connectivity index (χ1v) is 7.79. The molecule has 0 bridgehead atoms. The highest BCUT2D eigenvalue weighted by atomic mass is 16.3. The van der Waals surface area contributed by atoms with E-state index >= 15 is 0 Å². The number of rotatable bonds is 4. The van der Waals surface area contributed by atoms with Crippen LogP contribution in [0, 0.1) is 6.92 Å². The molecule has 1 N–H and O–H groups in total. The maximum absolute atomic E-state index is 12.2. The molecule has 4 nitrogen and oxygen atoms in total. The number of nitrogens with zero attached hydrogens (tertiary/aromatic N) is 1. The molecule has 1 aromatic heterocycles. The van der Waals surface area contributed by atoms with Crippen LogP contribution in [-0.2, 0) is 0 Å². The van der Waals surface area contributed by atoms with Crippen molar-refractivity contribution in [2.24, 2.45) is 0 Å². The average molecular weight is 298 g/mol. The summed E-state index contributed by atoms with van der Waals surface area (Å²) in [5.41, 5.74) is 2.20. The molecule has 1 aliphatic rings. The molecule has 22 heavy (non-hydrogen) atoms. The lowest BCUT2D eigenvalue weighted by molar-refractivity contribution is 0.0907. The lowest BCUT2D eigenvalue weighted by Crippen LogP contribution is -2.37. The van der Waals surface area contributed by atoms with Crippen LogP contribution in [0.1, 0.15) is 41.1 Å². The van der Waals surface area contributed by atoms with Crippen molar-refractivity contribution in [3.05, 3.63) is 59.5 Å². The van der Waals surface area contributed by atoms with Crippen molar-refractivity contribution in [3.8, 4) is 0 Å². The zero-order valence-electron chi connectivity index (χ0n) is 13.1. The molecule has 1 fully saturated rings. The maximum Gasteiger partial charge on any atom is 0.287 e. The molecule has 116 valence electrons. The summed E-state index contributed by atoms with van der Waals surface area (Å²) in [6.45, 7) is 5.98. The van der Waals surface area contributed by atoms with Crippen LogP contribution in [-0.4, -0.2) is 29.9 Å². The molecule has 1 saturated heterocycles. The average Bonchev–Trinajstić information content (AvgIpc) is 3.16. The fraction of sp³-hybridized carbons (Fsp3) is 0.389. The summed E-state index contributed by atoms with van der Waals surface area (Å²) in [6, 6.07) is 12.9. The SMILES string of the molecule is Cc1ccoc1C(=O)NC1CCN(C(C)c2ccccc2)C1. The second-order valence-corrected chi connectivity index (χ2v) is 5.97. The van der Waals surface area contributed by atoms with E-state index in [1.54, 1.807) is 6.26 Å². The zero-order chi connectivity index (χ0) is 15.5. The number of benzene rings is 1. The van der Waals surface area contributed by atoms with Gasteiger partial charge >= 0.3 is 0 Å². The van der Waals surface area contributed by atoms with E-state index in [1.807, 2.05) is 19.1 Å². The van der Waals surface area contributed by atoms with Crippen molar-refractivity contribution in [2.75, 3.05) is 13.1 Å². The Bertz CT molecular complexity index is 636. The first-order chi connectivity index (χ1) is 10.6. The molecular formula is C18H22N2O2. The first kappa shape index (κ1) is 14.9. The van der Waals surface area contributed by atoms with E-state index in [4.69, 9.17) is 4.42 Å². The number of carbonyl (C=O) groups excluding carboxylic acids is 1. The third-order valence-corrected chi connectivity index (χ3v) is 4.45. The van der Waals surface area contributed by atoms with E-state index in [0.29, 0.717) is 11.8 Å². The molecule has 4 heteroatoms. The van der Waals surface area contributed by atoms with Gasteiger partial charge in [-0.15, -0.1) is 0 Å². The first-order valence-electron chi connectivity index (χ1n) is 7.79. The Kier molecular flexibility index (Phi) is 4.29. The molecule has 2 aromatic rings. The molecule has 1 aliphatic heterocycles. The number of aryl methyl sites for hydroxylation is 1. The van der Waals surface area contributed by atoms with Gasteiger partial charge in [-0.2, -0.15) is 0 Å². The van der Waals surface area contributed by atoms with E-state index in [0.717, 1.165) is 25.1 Å². The fourth-order valence-corrected chi connectivity index (χ4v) is 3.06. The van der Waals surface area contributed by atoms with E-state index < -0.39 is 0 Å². The smallest absolute Gasteiger partial charge is 0.287 e. The number of furan rings is 1. The van der Waals surface area contributed by atoms with Crippen LogP contribution in [0.3, 0.4) is 0 Å². The number of carbonyl (C=O) groups is 1. The Balaban J connectivity index is 1.59. The van der Waals surface area contributed by atoms with Gasteiger partial charge in [0.25, 0.3) is 5.91 Å². The van der Waals surface area contributed by atoms with Crippen LogP contribution in [0.5, 0.6) is 0 Å². The summed E-state index contributed by atoms with van der Waals surface area (Å²) in [5.74, 6) is 0.316. The highest BCUT2D eigenvalue weighted by Crippen LogP contribution is 2.24. The van der Waals surface area contributed by atoms with Crippen LogP contribution in [0.4, 0.5) is 0 Å². The van der Waals surface area contributed by atoms with Crippen molar-refractivity contribution in [3.63, 3.8) is 0 Å². The van der Waals surface area contributed by atoms with Crippen LogP contribution in [0.15, 0.2) is 47.1 Å². The molecular weight excluding hydrogens is 276 g/mol. The minimum atomic E-state index is -0.110. The quantitative estimate of drug-likeness (QED) is 0.943. The summed E-state index contributed by atoms with van der Waals surface area (Å²) < 4.78 is 5.25. The minimum absolute atomic E-state index is 0.110. The predicted octanol–water partition coefficient (Wildman–Crippen LogP) is 3.15. The van der Waals surface area contributed by atoms with Gasteiger partial charge in [0.2, 0.25) is 0 Å². The Morgan fingerprint density at radius 3 is 2.77 bits per heavy atom. The molecule has 1 amide bonds. The summed E-state index contributed by atoms with van der Waals surface area (Å²) in [7, 11) is 0. The third kappa shape index (κ3) is 3.07. The molecule has 0 spiro atoms. The highest BCUT2D eigenvalue weighted by Gasteiger charge is 2.28. The van der Waals surface area contributed by atoms with Gasteiger partial charge in [0.05, 0.1) is 6.26 Å². The molecule has 3 rings (SSSR count). The second kappa shape index (κ2) is 6.36. The van der Waals surface area contributed by atoms with Gasteiger partial charge in [0.15, 0.2) is 5.76 Å². The third-order valence-electron chi connectivity index (χ3n) is 4.45. The lowest BCUT2D eigenvalue weighted by atomic mass is 10.1. The van der Waals surface area contributed by atoms with Crippen molar-refractivity contribution in [1.29, 1.82) is 0 Å². The van der Waals surface area contributed by atoms with Gasteiger partial charge in [-0.1, -0.05) is 30.3 Å². The number of hydrogen-bond acceptors (Lipinski definition) is 3. The Morgan fingerprint density at radius 1 is 1.32 bits per heavy atom. The Hall–Kier alpha value is -2.07.